The van der Waals surface area contributed by atoms with Crippen LogP contribution in [0, 0.1) is 0 Å². The van der Waals surface area contributed by atoms with Crippen LogP contribution in [0.25, 0.3) is 0 Å². The van der Waals surface area contributed by atoms with Crippen LogP contribution >= 0.6 is 15.9 Å². The summed E-state index contributed by atoms with van der Waals surface area (Å²) in [6.07, 6.45) is -2.46. The van der Waals surface area contributed by atoms with E-state index in [-0.39, 0.29) is 11.3 Å². The topological polar surface area (TPSA) is 17.1 Å². The number of ketones is 1. The molecule has 4 heteroatoms. The van der Waals surface area contributed by atoms with Gasteiger partial charge in [0, 0.05) is 5.56 Å². The molecule has 1 rings (SSSR count). The molecule has 0 aliphatic rings. The van der Waals surface area contributed by atoms with Gasteiger partial charge in [0.15, 0.2) is 0 Å². The van der Waals surface area contributed by atoms with Crippen LogP contribution in [0.15, 0.2) is 24.3 Å². The van der Waals surface area contributed by atoms with Crippen molar-refractivity contribution < 1.29 is 13.6 Å². The lowest BCUT2D eigenvalue weighted by Crippen LogP contribution is -2.00. The quantitative estimate of drug-likeness (QED) is 0.761. The lowest BCUT2D eigenvalue weighted by atomic mass is 10.1. The molecule has 0 fully saturated rings. The van der Waals surface area contributed by atoms with Gasteiger partial charge in [0.2, 0.25) is 0 Å². The first-order valence-electron chi connectivity index (χ1n) is 4.05. The predicted molar refractivity (Wildman–Crippen MR) is 53.7 cm³/mol. The molecule has 0 aliphatic heterocycles. The summed E-state index contributed by atoms with van der Waals surface area (Å²) in [6.45, 7) is 1.44. The molecule has 76 valence electrons. The SMILES string of the molecule is CC(=O)C(Br)c1ccc(C(F)F)cc1. The van der Waals surface area contributed by atoms with Crippen LogP contribution < -0.4 is 0 Å². The normalized spacial score (nSPS) is 12.9. The summed E-state index contributed by atoms with van der Waals surface area (Å²) in [5.74, 6) is -0.0465. The number of hydrogen-bond donors (Lipinski definition) is 0. The Morgan fingerprint density at radius 1 is 1.21 bits per heavy atom. The molecule has 0 bridgehead atoms. The van der Waals surface area contributed by atoms with Gasteiger partial charge in [0.25, 0.3) is 6.43 Å². The van der Waals surface area contributed by atoms with Crippen LogP contribution in [0.4, 0.5) is 8.78 Å². The lowest BCUT2D eigenvalue weighted by molar-refractivity contribution is -0.116. The monoisotopic (exact) mass is 262 g/mol. The first-order chi connectivity index (χ1) is 6.52. The second-order valence-corrected chi connectivity index (χ2v) is 3.86. The standard InChI is InChI=1S/C10H9BrF2O/c1-6(14)9(11)7-2-4-8(5-3-7)10(12)13/h2-5,9-10H,1H3. The molecular weight excluding hydrogens is 254 g/mol. The molecule has 0 saturated heterocycles. The van der Waals surface area contributed by atoms with Crippen molar-refractivity contribution in [2.45, 2.75) is 18.2 Å². The van der Waals surface area contributed by atoms with Crippen molar-refractivity contribution in [3.63, 3.8) is 0 Å². The smallest absolute Gasteiger partial charge is 0.263 e. The van der Waals surface area contributed by atoms with E-state index in [0.717, 1.165) is 0 Å². The summed E-state index contributed by atoms with van der Waals surface area (Å²) in [5, 5.41) is 0. The summed E-state index contributed by atoms with van der Waals surface area (Å²) < 4.78 is 24.4. The minimum atomic E-state index is -2.46. The molecule has 0 N–H and O–H groups in total. The minimum absolute atomic E-state index is 0.0306. The molecule has 1 aromatic carbocycles. The molecular formula is C10H9BrF2O. The summed E-state index contributed by atoms with van der Waals surface area (Å²) in [7, 11) is 0. The number of carbonyl (C=O) groups is 1. The zero-order valence-electron chi connectivity index (χ0n) is 7.51. The van der Waals surface area contributed by atoms with E-state index in [1.807, 2.05) is 0 Å². The van der Waals surface area contributed by atoms with Crippen molar-refractivity contribution in [3.05, 3.63) is 35.4 Å². The molecule has 0 aliphatic carbocycles. The number of Topliss-reactive ketones (excluding diaryl/α,β-unsaturated/α-hetero) is 1. The average Bonchev–Trinajstić information content (AvgIpc) is 2.16. The van der Waals surface area contributed by atoms with Crippen LogP contribution in [0.3, 0.4) is 0 Å². The third kappa shape index (κ3) is 2.61. The van der Waals surface area contributed by atoms with Crippen LogP contribution in [0.5, 0.6) is 0 Å². The maximum absolute atomic E-state index is 12.2. The number of rotatable bonds is 3. The molecule has 0 radical (unpaired) electrons. The highest BCUT2D eigenvalue weighted by Gasteiger charge is 2.13. The van der Waals surface area contributed by atoms with Crippen LogP contribution in [0.1, 0.15) is 29.3 Å². The second kappa shape index (κ2) is 4.64. The summed E-state index contributed by atoms with van der Waals surface area (Å²) >= 11 is 3.17. The van der Waals surface area contributed by atoms with Gasteiger partial charge < -0.3 is 0 Å². The lowest BCUT2D eigenvalue weighted by Gasteiger charge is -2.06. The van der Waals surface area contributed by atoms with Gasteiger partial charge in [-0.15, -0.1) is 0 Å². The van der Waals surface area contributed by atoms with E-state index in [1.165, 1.54) is 31.2 Å². The average molecular weight is 263 g/mol. The largest absolute Gasteiger partial charge is 0.298 e. The Hall–Kier alpha value is -0.770. The van der Waals surface area contributed by atoms with E-state index < -0.39 is 11.3 Å². The Labute approximate surface area is 89.3 Å². The summed E-state index contributed by atoms with van der Waals surface area (Å²) in [5.41, 5.74) is 0.666. The van der Waals surface area contributed by atoms with Crippen LogP contribution in [-0.2, 0) is 4.79 Å². The van der Waals surface area contributed by atoms with E-state index in [1.54, 1.807) is 0 Å². The zero-order valence-corrected chi connectivity index (χ0v) is 9.09. The van der Waals surface area contributed by atoms with E-state index in [0.29, 0.717) is 5.56 Å². The Kier molecular flexibility index (Phi) is 3.75. The number of benzene rings is 1. The molecule has 0 aromatic heterocycles. The number of alkyl halides is 3. The van der Waals surface area contributed by atoms with Crippen molar-refractivity contribution in [1.82, 2.24) is 0 Å². The summed E-state index contributed by atoms with van der Waals surface area (Å²) in [4.78, 5) is 10.6. The van der Waals surface area contributed by atoms with Gasteiger partial charge in [-0.2, -0.15) is 0 Å². The third-order valence-electron chi connectivity index (χ3n) is 1.84. The zero-order chi connectivity index (χ0) is 10.7. The van der Waals surface area contributed by atoms with E-state index in [4.69, 9.17) is 0 Å². The highest BCUT2D eigenvalue weighted by molar-refractivity contribution is 9.09. The maximum atomic E-state index is 12.2. The predicted octanol–water partition coefficient (Wildman–Crippen LogP) is 3.65. The number of hydrogen-bond acceptors (Lipinski definition) is 1. The summed E-state index contributed by atoms with van der Waals surface area (Å²) in [6, 6.07) is 5.72. The molecule has 0 heterocycles. The number of carbonyl (C=O) groups excluding carboxylic acids is 1. The minimum Gasteiger partial charge on any atom is -0.298 e. The van der Waals surface area contributed by atoms with E-state index in [2.05, 4.69) is 15.9 Å². The Morgan fingerprint density at radius 3 is 2.00 bits per heavy atom. The Balaban J connectivity index is 2.88. The molecule has 1 aromatic rings. The first kappa shape index (κ1) is 11.3. The van der Waals surface area contributed by atoms with Crippen molar-refractivity contribution in [2.24, 2.45) is 0 Å². The van der Waals surface area contributed by atoms with Crippen molar-refractivity contribution >= 4 is 21.7 Å². The first-order valence-corrected chi connectivity index (χ1v) is 4.96. The Bertz CT molecular complexity index is 321. The molecule has 1 atom stereocenters. The Morgan fingerprint density at radius 2 is 1.64 bits per heavy atom. The van der Waals surface area contributed by atoms with Gasteiger partial charge in [-0.05, 0) is 12.5 Å². The van der Waals surface area contributed by atoms with Gasteiger partial charge in [-0.25, -0.2) is 8.78 Å². The highest BCUT2D eigenvalue weighted by atomic mass is 79.9. The number of halogens is 3. The van der Waals surface area contributed by atoms with E-state index in [9.17, 15) is 13.6 Å². The fourth-order valence-electron chi connectivity index (χ4n) is 1.05. The van der Waals surface area contributed by atoms with Crippen molar-refractivity contribution in [2.75, 3.05) is 0 Å². The highest BCUT2D eigenvalue weighted by Crippen LogP contribution is 2.26. The van der Waals surface area contributed by atoms with Crippen LogP contribution in [-0.4, -0.2) is 5.78 Å². The molecule has 1 unspecified atom stereocenters. The van der Waals surface area contributed by atoms with Crippen molar-refractivity contribution in [1.29, 1.82) is 0 Å². The van der Waals surface area contributed by atoms with Crippen LogP contribution in [0.2, 0.25) is 0 Å². The molecule has 0 saturated carbocycles. The van der Waals surface area contributed by atoms with Crippen molar-refractivity contribution in [3.8, 4) is 0 Å². The molecule has 0 amide bonds. The molecule has 0 spiro atoms. The van der Waals surface area contributed by atoms with Gasteiger partial charge in [-0.3, -0.25) is 4.79 Å². The maximum Gasteiger partial charge on any atom is 0.263 e. The third-order valence-corrected chi connectivity index (χ3v) is 3.01. The van der Waals surface area contributed by atoms with Gasteiger partial charge in [-0.1, -0.05) is 40.2 Å². The van der Waals surface area contributed by atoms with E-state index >= 15 is 0 Å². The van der Waals surface area contributed by atoms with Gasteiger partial charge in [0.1, 0.15) is 5.78 Å². The van der Waals surface area contributed by atoms with Gasteiger partial charge >= 0.3 is 0 Å². The fourth-order valence-corrected chi connectivity index (χ4v) is 1.35. The molecule has 1 nitrogen and oxygen atoms in total. The van der Waals surface area contributed by atoms with Gasteiger partial charge in [0.05, 0.1) is 4.83 Å². The fraction of sp³-hybridized carbons (Fsp3) is 0.300. The second-order valence-electron chi connectivity index (χ2n) is 2.94. The molecule has 14 heavy (non-hydrogen) atoms.